The average Bonchev–Trinajstić information content (AvgIpc) is 2.47. The fourth-order valence-electron chi connectivity index (χ4n) is 1.84. The zero-order valence-electron chi connectivity index (χ0n) is 8.44. The molecule has 4 nitrogen and oxygen atoms in total. The number of imidazole rings is 1. The van der Waals surface area contributed by atoms with Gasteiger partial charge in [0.1, 0.15) is 5.60 Å². The summed E-state index contributed by atoms with van der Waals surface area (Å²) in [5.41, 5.74) is -0.0110. The van der Waals surface area contributed by atoms with Crippen LogP contribution < -0.4 is 0 Å². The van der Waals surface area contributed by atoms with Gasteiger partial charge in [0, 0.05) is 32.9 Å². The van der Waals surface area contributed by atoms with E-state index >= 15 is 0 Å². The van der Waals surface area contributed by atoms with Crippen LogP contribution in [0, 0.1) is 0 Å². The van der Waals surface area contributed by atoms with Crippen molar-refractivity contribution in [3.05, 3.63) is 18.2 Å². The van der Waals surface area contributed by atoms with Crippen molar-refractivity contribution in [2.45, 2.75) is 24.9 Å². The van der Waals surface area contributed by atoms with Crippen molar-refractivity contribution >= 4 is 0 Å². The molecule has 2 heterocycles. The molecule has 1 aromatic rings. The first kappa shape index (κ1) is 9.68. The molecule has 1 atom stereocenters. The Labute approximate surface area is 83.5 Å². The molecule has 2 rings (SSSR count). The van der Waals surface area contributed by atoms with E-state index in [9.17, 15) is 5.11 Å². The second kappa shape index (κ2) is 3.71. The van der Waals surface area contributed by atoms with E-state index in [0.717, 1.165) is 25.1 Å². The van der Waals surface area contributed by atoms with Gasteiger partial charge in [0.2, 0.25) is 0 Å². The molecular weight excluding hydrogens is 180 g/mol. The lowest BCUT2D eigenvalue weighted by atomic mass is 9.92. The SMILES string of the molecule is Cn1cnc(C2(O)CCCOCC2)c1. The quantitative estimate of drug-likeness (QED) is 0.723. The summed E-state index contributed by atoms with van der Waals surface area (Å²) < 4.78 is 7.18. The van der Waals surface area contributed by atoms with Gasteiger partial charge in [-0.15, -0.1) is 0 Å². The van der Waals surface area contributed by atoms with Crippen molar-refractivity contribution in [3.63, 3.8) is 0 Å². The van der Waals surface area contributed by atoms with Gasteiger partial charge in [0.05, 0.1) is 12.0 Å². The predicted molar refractivity (Wildman–Crippen MR) is 51.8 cm³/mol. The van der Waals surface area contributed by atoms with Gasteiger partial charge >= 0.3 is 0 Å². The Hall–Kier alpha value is -0.870. The molecular formula is C10H16N2O2. The van der Waals surface area contributed by atoms with Gasteiger partial charge in [-0.05, 0) is 12.8 Å². The van der Waals surface area contributed by atoms with Gasteiger partial charge < -0.3 is 14.4 Å². The molecule has 14 heavy (non-hydrogen) atoms. The number of rotatable bonds is 1. The zero-order valence-corrected chi connectivity index (χ0v) is 8.44. The van der Waals surface area contributed by atoms with E-state index in [0.29, 0.717) is 13.0 Å². The lowest BCUT2D eigenvalue weighted by molar-refractivity contribution is 0.0107. The number of nitrogens with zero attached hydrogens (tertiary/aromatic N) is 2. The number of ether oxygens (including phenoxy) is 1. The van der Waals surface area contributed by atoms with Crippen molar-refractivity contribution < 1.29 is 9.84 Å². The lowest BCUT2D eigenvalue weighted by Gasteiger charge is -2.23. The van der Waals surface area contributed by atoms with Gasteiger partial charge in [0.25, 0.3) is 0 Å². The van der Waals surface area contributed by atoms with E-state index in [2.05, 4.69) is 4.98 Å². The Bertz CT molecular complexity index is 301. The predicted octanol–water partition coefficient (Wildman–Crippen LogP) is 0.808. The molecule has 0 aliphatic carbocycles. The van der Waals surface area contributed by atoms with Crippen LogP contribution in [0.3, 0.4) is 0 Å². The van der Waals surface area contributed by atoms with Crippen LogP contribution in [0.15, 0.2) is 12.5 Å². The molecule has 0 amide bonds. The third-order valence-electron chi connectivity index (χ3n) is 2.72. The van der Waals surface area contributed by atoms with Gasteiger partial charge in [-0.2, -0.15) is 0 Å². The minimum atomic E-state index is -0.780. The van der Waals surface area contributed by atoms with Crippen molar-refractivity contribution in [1.29, 1.82) is 0 Å². The summed E-state index contributed by atoms with van der Waals surface area (Å²) in [6, 6.07) is 0. The number of aryl methyl sites for hydroxylation is 1. The highest BCUT2D eigenvalue weighted by molar-refractivity contribution is 5.09. The maximum atomic E-state index is 10.4. The fraction of sp³-hybridized carbons (Fsp3) is 0.700. The molecule has 0 aromatic carbocycles. The molecule has 0 saturated carbocycles. The van der Waals surface area contributed by atoms with Crippen LogP contribution in [0.2, 0.25) is 0 Å². The minimum Gasteiger partial charge on any atom is -0.383 e. The van der Waals surface area contributed by atoms with Crippen molar-refractivity contribution in [2.75, 3.05) is 13.2 Å². The summed E-state index contributed by atoms with van der Waals surface area (Å²) in [6.07, 6.45) is 5.88. The molecule has 1 fully saturated rings. The second-order valence-corrected chi connectivity index (χ2v) is 3.92. The maximum absolute atomic E-state index is 10.4. The standard InChI is InChI=1S/C10H16N2O2/c1-12-7-9(11-8-12)10(13)3-2-5-14-6-4-10/h7-8,13H,2-6H2,1H3. The van der Waals surface area contributed by atoms with Crippen molar-refractivity contribution in [2.24, 2.45) is 7.05 Å². The second-order valence-electron chi connectivity index (χ2n) is 3.92. The first-order valence-corrected chi connectivity index (χ1v) is 4.99. The first-order chi connectivity index (χ1) is 6.71. The highest BCUT2D eigenvalue weighted by Gasteiger charge is 2.32. The summed E-state index contributed by atoms with van der Waals surface area (Å²) in [4.78, 5) is 4.21. The maximum Gasteiger partial charge on any atom is 0.110 e. The van der Waals surface area contributed by atoms with Gasteiger partial charge in [0.15, 0.2) is 0 Å². The van der Waals surface area contributed by atoms with Crippen LogP contribution in [0.25, 0.3) is 0 Å². The lowest BCUT2D eigenvalue weighted by Crippen LogP contribution is -2.26. The van der Waals surface area contributed by atoms with Crippen LogP contribution >= 0.6 is 0 Å². The minimum absolute atomic E-state index is 0.618. The van der Waals surface area contributed by atoms with E-state index in [-0.39, 0.29) is 0 Å². The molecule has 1 N–H and O–H groups in total. The van der Waals surface area contributed by atoms with Gasteiger partial charge in [-0.3, -0.25) is 0 Å². The fourth-order valence-corrected chi connectivity index (χ4v) is 1.84. The molecule has 78 valence electrons. The molecule has 1 aliphatic heterocycles. The molecule has 1 aliphatic rings. The summed E-state index contributed by atoms with van der Waals surface area (Å²) in [5, 5.41) is 10.4. The van der Waals surface area contributed by atoms with Crippen LogP contribution in [0.4, 0.5) is 0 Å². The highest BCUT2D eigenvalue weighted by Crippen LogP contribution is 2.30. The van der Waals surface area contributed by atoms with Crippen molar-refractivity contribution in [3.8, 4) is 0 Å². The first-order valence-electron chi connectivity index (χ1n) is 4.99. The van der Waals surface area contributed by atoms with Crippen LogP contribution in [0.5, 0.6) is 0 Å². The average molecular weight is 196 g/mol. The summed E-state index contributed by atoms with van der Waals surface area (Å²) in [7, 11) is 1.91. The highest BCUT2D eigenvalue weighted by atomic mass is 16.5. The monoisotopic (exact) mass is 196 g/mol. The van der Waals surface area contributed by atoms with Crippen LogP contribution in [-0.4, -0.2) is 27.9 Å². The summed E-state index contributed by atoms with van der Waals surface area (Å²) in [5.74, 6) is 0. The third kappa shape index (κ3) is 1.81. The molecule has 0 spiro atoms. The van der Waals surface area contributed by atoms with E-state index in [1.54, 1.807) is 6.33 Å². The Morgan fingerprint density at radius 3 is 3.07 bits per heavy atom. The molecule has 1 unspecified atom stereocenters. The van der Waals surface area contributed by atoms with E-state index < -0.39 is 5.60 Å². The van der Waals surface area contributed by atoms with Crippen molar-refractivity contribution in [1.82, 2.24) is 9.55 Å². The van der Waals surface area contributed by atoms with E-state index in [1.165, 1.54) is 0 Å². The topological polar surface area (TPSA) is 47.3 Å². The largest absolute Gasteiger partial charge is 0.383 e. The number of hydrogen-bond donors (Lipinski definition) is 1. The normalized spacial score (nSPS) is 28.7. The Morgan fingerprint density at radius 1 is 1.50 bits per heavy atom. The van der Waals surface area contributed by atoms with Gasteiger partial charge in [-0.1, -0.05) is 0 Å². The Kier molecular flexibility index (Phi) is 2.56. The summed E-state index contributed by atoms with van der Waals surface area (Å²) >= 11 is 0. The van der Waals surface area contributed by atoms with E-state index in [1.807, 2.05) is 17.8 Å². The molecule has 1 aromatic heterocycles. The zero-order chi connectivity index (χ0) is 10.0. The van der Waals surface area contributed by atoms with E-state index in [4.69, 9.17) is 4.74 Å². The number of hydrogen-bond acceptors (Lipinski definition) is 3. The third-order valence-corrected chi connectivity index (χ3v) is 2.72. The molecule has 0 radical (unpaired) electrons. The Balaban J connectivity index is 2.20. The summed E-state index contributed by atoms with van der Waals surface area (Å²) in [6.45, 7) is 1.36. The molecule has 4 heteroatoms. The Morgan fingerprint density at radius 2 is 2.36 bits per heavy atom. The van der Waals surface area contributed by atoms with Crippen LogP contribution in [0.1, 0.15) is 25.0 Å². The smallest absolute Gasteiger partial charge is 0.110 e. The van der Waals surface area contributed by atoms with Crippen LogP contribution in [-0.2, 0) is 17.4 Å². The number of aromatic nitrogens is 2. The number of aliphatic hydroxyl groups is 1. The molecule has 0 bridgehead atoms. The van der Waals surface area contributed by atoms with Gasteiger partial charge in [-0.25, -0.2) is 4.98 Å². The molecule has 1 saturated heterocycles.